The van der Waals surface area contributed by atoms with Crippen LogP contribution in [0.25, 0.3) is 0 Å². The molecule has 5 nitrogen and oxygen atoms in total. The number of anilines is 1. The van der Waals surface area contributed by atoms with Gasteiger partial charge in [0.2, 0.25) is 0 Å². The molecule has 3 N–H and O–H groups in total. The van der Waals surface area contributed by atoms with Crippen LogP contribution in [-0.2, 0) is 16.6 Å². The van der Waals surface area contributed by atoms with Gasteiger partial charge in [-0.25, -0.2) is 12.8 Å². The SMILES string of the molecule is NCc1ccc(F)cc1S(=O)(=O)Nc1ccncc1Br. The second-order valence-corrected chi connectivity index (χ2v) is 6.42. The molecule has 8 heteroatoms. The summed E-state index contributed by atoms with van der Waals surface area (Å²) in [5.41, 5.74) is 6.14. The highest BCUT2D eigenvalue weighted by Crippen LogP contribution is 2.25. The van der Waals surface area contributed by atoms with Gasteiger partial charge in [0.1, 0.15) is 5.82 Å². The monoisotopic (exact) mass is 359 g/mol. The Morgan fingerprint density at radius 3 is 2.75 bits per heavy atom. The van der Waals surface area contributed by atoms with Crippen molar-refractivity contribution in [2.45, 2.75) is 11.4 Å². The molecule has 1 aromatic heterocycles. The van der Waals surface area contributed by atoms with Crippen LogP contribution >= 0.6 is 15.9 Å². The molecule has 0 aliphatic rings. The lowest BCUT2D eigenvalue weighted by atomic mass is 10.2. The van der Waals surface area contributed by atoms with Gasteiger partial charge in [0.25, 0.3) is 10.0 Å². The Morgan fingerprint density at radius 2 is 2.10 bits per heavy atom. The smallest absolute Gasteiger partial charge is 0.262 e. The lowest BCUT2D eigenvalue weighted by molar-refractivity contribution is 0.593. The van der Waals surface area contributed by atoms with Gasteiger partial charge in [-0.15, -0.1) is 0 Å². The summed E-state index contributed by atoms with van der Waals surface area (Å²) >= 11 is 3.18. The number of sulfonamides is 1. The first-order valence-corrected chi connectivity index (χ1v) is 7.82. The molecule has 20 heavy (non-hydrogen) atoms. The van der Waals surface area contributed by atoms with Crippen molar-refractivity contribution in [1.29, 1.82) is 0 Å². The molecule has 0 aliphatic carbocycles. The van der Waals surface area contributed by atoms with Crippen LogP contribution in [0.1, 0.15) is 5.56 Å². The van der Waals surface area contributed by atoms with Crippen LogP contribution in [0.5, 0.6) is 0 Å². The number of halogens is 2. The molecule has 106 valence electrons. The Morgan fingerprint density at radius 1 is 1.35 bits per heavy atom. The summed E-state index contributed by atoms with van der Waals surface area (Å²) in [5, 5.41) is 0. The Bertz CT molecular complexity index is 737. The van der Waals surface area contributed by atoms with Gasteiger partial charge in [0.05, 0.1) is 15.1 Å². The number of nitrogens with two attached hydrogens (primary N) is 1. The van der Waals surface area contributed by atoms with Crippen LogP contribution in [0.15, 0.2) is 46.0 Å². The summed E-state index contributed by atoms with van der Waals surface area (Å²) in [4.78, 5) is 3.66. The Balaban J connectivity index is 2.46. The van der Waals surface area contributed by atoms with Crippen molar-refractivity contribution in [1.82, 2.24) is 4.98 Å². The summed E-state index contributed by atoms with van der Waals surface area (Å²) in [7, 11) is -3.93. The molecule has 0 unspecified atom stereocenters. The molecular formula is C12H11BrFN3O2S. The third-order valence-electron chi connectivity index (χ3n) is 2.56. The summed E-state index contributed by atoms with van der Waals surface area (Å²) in [6, 6.07) is 4.96. The van der Waals surface area contributed by atoms with Gasteiger partial charge in [0, 0.05) is 18.9 Å². The molecular weight excluding hydrogens is 349 g/mol. The number of pyridine rings is 1. The van der Waals surface area contributed by atoms with Crippen molar-refractivity contribution in [3.63, 3.8) is 0 Å². The lowest BCUT2D eigenvalue weighted by Crippen LogP contribution is -2.17. The maximum Gasteiger partial charge on any atom is 0.262 e. The normalized spacial score (nSPS) is 11.3. The highest BCUT2D eigenvalue weighted by molar-refractivity contribution is 9.10. The molecule has 0 atom stereocenters. The quantitative estimate of drug-likeness (QED) is 0.876. The minimum Gasteiger partial charge on any atom is -0.326 e. The minimum absolute atomic E-state index is 0.00591. The third-order valence-corrected chi connectivity index (χ3v) is 4.64. The number of hydrogen-bond donors (Lipinski definition) is 2. The zero-order chi connectivity index (χ0) is 14.8. The fourth-order valence-electron chi connectivity index (χ4n) is 1.60. The fourth-order valence-corrected chi connectivity index (χ4v) is 3.43. The molecule has 0 amide bonds. The van der Waals surface area contributed by atoms with Crippen molar-refractivity contribution in [2.75, 3.05) is 4.72 Å². The number of hydrogen-bond acceptors (Lipinski definition) is 4. The molecule has 2 rings (SSSR count). The van der Waals surface area contributed by atoms with E-state index < -0.39 is 15.8 Å². The van der Waals surface area contributed by atoms with Crippen LogP contribution in [0.4, 0.5) is 10.1 Å². The topological polar surface area (TPSA) is 85.1 Å². The van der Waals surface area contributed by atoms with Crippen molar-refractivity contribution >= 4 is 31.6 Å². The number of aromatic nitrogens is 1. The molecule has 0 bridgehead atoms. The van der Waals surface area contributed by atoms with Crippen molar-refractivity contribution in [3.8, 4) is 0 Å². The molecule has 0 spiro atoms. The zero-order valence-electron chi connectivity index (χ0n) is 10.2. The fraction of sp³-hybridized carbons (Fsp3) is 0.0833. The van der Waals surface area contributed by atoms with Gasteiger partial charge >= 0.3 is 0 Å². The standard InChI is InChI=1S/C12H11BrFN3O2S/c13-10-7-16-4-3-11(10)17-20(18,19)12-5-9(14)2-1-8(12)6-15/h1-5,7H,6,15H2,(H,16,17). The number of benzene rings is 1. The number of nitrogens with zero attached hydrogens (tertiary/aromatic N) is 1. The van der Waals surface area contributed by atoms with Crippen molar-refractivity contribution < 1.29 is 12.8 Å². The summed E-state index contributed by atoms with van der Waals surface area (Å²) in [6.07, 6.45) is 2.89. The van der Waals surface area contributed by atoms with E-state index in [2.05, 4.69) is 25.6 Å². The van der Waals surface area contributed by atoms with E-state index in [1.165, 1.54) is 30.6 Å². The first-order valence-electron chi connectivity index (χ1n) is 5.55. The highest BCUT2D eigenvalue weighted by atomic mass is 79.9. The summed E-state index contributed by atoms with van der Waals surface area (Å²) in [6.45, 7) is -0.00591. The van der Waals surface area contributed by atoms with E-state index in [1.807, 2.05) is 0 Å². The summed E-state index contributed by atoms with van der Waals surface area (Å²) < 4.78 is 40.8. The van der Waals surface area contributed by atoms with Crippen LogP contribution in [0.2, 0.25) is 0 Å². The predicted molar refractivity (Wildman–Crippen MR) is 77.0 cm³/mol. The summed E-state index contributed by atoms with van der Waals surface area (Å²) in [5.74, 6) is -0.642. The third kappa shape index (κ3) is 3.14. The van der Waals surface area contributed by atoms with Gasteiger partial charge in [0.15, 0.2) is 0 Å². The van der Waals surface area contributed by atoms with Crippen LogP contribution in [0.3, 0.4) is 0 Å². The van der Waals surface area contributed by atoms with Crippen molar-refractivity contribution in [2.24, 2.45) is 5.73 Å². The first-order chi connectivity index (χ1) is 9.44. The molecule has 0 saturated carbocycles. The van der Waals surface area contributed by atoms with Crippen LogP contribution in [0, 0.1) is 5.82 Å². The van der Waals surface area contributed by atoms with E-state index in [-0.39, 0.29) is 11.4 Å². The van der Waals surface area contributed by atoms with E-state index in [9.17, 15) is 12.8 Å². The molecule has 2 aromatic rings. The van der Waals surface area contributed by atoms with Gasteiger partial charge in [-0.3, -0.25) is 9.71 Å². The Kier molecular flexibility index (Phi) is 4.36. The first kappa shape index (κ1) is 14.9. The van der Waals surface area contributed by atoms with Gasteiger partial charge in [-0.2, -0.15) is 0 Å². The van der Waals surface area contributed by atoms with E-state index >= 15 is 0 Å². The lowest BCUT2D eigenvalue weighted by Gasteiger charge is -2.12. The average Bonchev–Trinajstić information content (AvgIpc) is 2.41. The zero-order valence-corrected chi connectivity index (χ0v) is 12.6. The van der Waals surface area contributed by atoms with E-state index in [0.29, 0.717) is 15.7 Å². The largest absolute Gasteiger partial charge is 0.326 e. The van der Waals surface area contributed by atoms with Gasteiger partial charge in [-0.1, -0.05) is 6.07 Å². The van der Waals surface area contributed by atoms with E-state index in [0.717, 1.165) is 6.07 Å². The second kappa shape index (κ2) is 5.86. The molecule has 0 radical (unpaired) electrons. The molecule has 0 aliphatic heterocycles. The Hall–Kier alpha value is -1.51. The maximum atomic E-state index is 13.3. The highest BCUT2D eigenvalue weighted by Gasteiger charge is 2.20. The average molecular weight is 360 g/mol. The van der Waals surface area contributed by atoms with E-state index in [1.54, 1.807) is 0 Å². The van der Waals surface area contributed by atoms with Crippen molar-refractivity contribution in [3.05, 3.63) is 52.5 Å². The molecule has 0 saturated heterocycles. The molecule has 1 aromatic carbocycles. The number of nitrogens with one attached hydrogen (secondary N) is 1. The van der Waals surface area contributed by atoms with Gasteiger partial charge in [-0.05, 0) is 39.7 Å². The van der Waals surface area contributed by atoms with Crippen LogP contribution < -0.4 is 10.5 Å². The van der Waals surface area contributed by atoms with Gasteiger partial charge < -0.3 is 5.73 Å². The Labute approximate surface area is 124 Å². The predicted octanol–water partition coefficient (Wildman–Crippen LogP) is 2.24. The van der Waals surface area contributed by atoms with E-state index in [4.69, 9.17) is 5.73 Å². The maximum absolute atomic E-state index is 13.3. The second-order valence-electron chi connectivity index (χ2n) is 3.92. The van der Waals surface area contributed by atoms with Crippen LogP contribution in [-0.4, -0.2) is 13.4 Å². The molecule has 0 fully saturated rings. The minimum atomic E-state index is -3.93. The number of rotatable bonds is 4. The molecule has 1 heterocycles.